The largest absolute Gasteiger partial charge is 0.393 e. The summed E-state index contributed by atoms with van der Waals surface area (Å²) in [6.45, 7) is 7.84. The molecule has 0 aromatic heterocycles. The summed E-state index contributed by atoms with van der Waals surface area (Å²) in [4.78, 5) is 8.48. The summed E-state index contributed by atoms with van der Waals surface area (Å²) >= 11 is 0. The summed E-state index contributed by atoms with van der Waals surface area (Å²) in [5.74, 6) is 1.75. The second-order valence-electron chi connectivity index (χ2n) is 7.82. The van der Waals surface area contributed by atoms with E-state index in [0.29, 0.717) is 23.7 Å². The molecule has 3 rings (SSSR count). The molecule has 2 saturated heterocycles. The maximum Gasteiger partial charge on any atom is 0.106 e. The highest BCUT2D eigenvalue weighted by molar-refractivity contribution is 4.98. The SMILES string of the molecule is CCCC1CN(OC2CC3CN(C)CC3C2O)CC1C(C)O. The third-order valence-corrected chi connectivity index (χ3v) is 6.05. The first-order valence-corrected chi connectivity index (χ1v) is 8.96. The quantitative estimate of drug-likeness (QED) is 0.792. The summed E-state index contributed by atoms with van der Waals surface area (Å²) in [6, 6.07) is 0. The number of nitrogens with zero attached hydrogens (tertiary/aromatic N) is 2. The number of hydrogen-bond acceptors (Lipinski definition) is 5. The summed E-state index contributed by atoms with van der Waals surface area (Å²) in [7, 11) is 2.13. The van der Waals surface area contributed by atoms with Crippen LogP contribution in [0.1, 0.15) is 33.1 Å². The zero-order valence-corrected chi connectivity index (χ0v) is 14.2. The minimum Gasteiger partial charge on any atom is -0.393 e. The highest BCUT2D eigenvalue weighted by atomic mass is 16.7. The molecule has 0 radical (unpaired) electrons. The van der Waals surface area contributed by atoms with Crippen molar-refractivity contribution in [2.45, 2.75) is 51.4 Å². The molecule has 3 aliphatic rings. The predicted molar refractivity (Wildman–Crippen MR) is 85.1 cm³/mol. The molecule has 1 saturated carbocycles. The Bertz CT molecular complexity index is 379. The van der Waals surface area contributed by atoms with E-state index in [9.17, 15) is 10.2 Å². The third-order valence-electron chi connectivity index (χ3n) is 6.05. The van der Waals surface area contributed by atoms with Gasteiger partial charge in [0.25, 0.3) is 0 Å². The topological polar surface area (TPSA) is 56.2 Å². The highest BCUT2D eigenvalue weighted by Gasteiger charge is 2.48. The van der Waals surface area contributed by atoms with Gasteiger partial charge in [-0.1, -0.05) is 13.3 Å². The molecule has 0 spiro atoms. The van der Waals surface area contributed by atoms with Crippen LogP contribution in [-0.2, 0) is 4.84 Å². The van der Waals surface area contributed by atoms with Gasteiger partial charge in [-0.05, 0) is 38.6 Å². The van der Waals surface area contributed by atoms with Gasteiger partial charge in [0.2, 0.25) is 0 Å². The van der Waals surface area contributed by atoms with Crippen molar-refractivity contribution < 1.29 is 15.1 Å². The fourth-order valence-electron chi connectivity index (χ4n) is 4.93. The Labute approximate surface area is 134 Å². The lowest BCUT2D eigenvalue weighted by molar-refractivity contribution is -0.211. The first kappa shape index (κ1) is 16.7. The minimum absolute atomic E-state index is 0.0567. The summed E-state index contributed by atoms with van der Waals surface area (Å²) in [5, 5.41) is 22.6. The van der Waals surface area contributed by atoms with E-state index < -0.39 is 0 Å². The number of aliphatic hydroxyl groups excluding tert-OH is 2. The Kier molecular flexibility index (Phi) is 5.10. The Morgan fingerprint density at radius 1 is 1.23 bits per heavy atom. The van der Waals surface area contributed by atoms with Crippen molar-refractivity contribution >= 4 is 0 Å². The van der Waals surface area contributed by atoms with Crippen LogP contribution in [0.3, 0.4) is 0 Å². The Hall–Kier alpha value is -0.200. The van der Waals surface area contributed by atoms with Crippen LogP contribution < -0.4 is 0 Å². The van der Waals surface area contributed by atoms with E-state index in [1.807, 2.05) is 12.0 Å². The molecule has 2 N–H and O–H groups in total. The van der Waals surface area contributed by atoms with Crippen molar-refractivity contribution in [2.75, 3.05) is 33.2 Å². The van der Waals surface area contributed by atoms with Gasteiger partial charge in [-0.2, -0.15) is 5.06 Å². The van der Waals surface area contributed by atoms with Crippen molar-refractivity contribution in [1.29, 1.82) is 0 Å². The van der Waals surface area contributed by atoms with Gasteiger partial charge in [-0.3, -0.25) is 4.84 Å². The monoisotopic (exact) mass is 312 g/mol. The average Bonchev–Trinajstić information content (AvgIpc) is 3.08. The maximum absolute atomic E-state index is 10.6. The van der Waals surface area contributed by atoms with Crippen LogP contribution in [0.5, 0.6) is 0 Å². The molecule has 5 nitrogen and oxygen atoms in total. The van der Waals surface area contributed by atoms with E-state index in [4.69, 9.17) is 4.84 Å². The molecule has 1 aliphatic carbocycles. The van der Waals surface area contributed by atoms with Gasteiger partial charge in [-0.15, -0.1) is 0 Å². The smallest absolute Gasteiger partial charge is 0.106 e. The molecule has 7 atom stereocenters. The fraction of sp³-hybridized carbons (Fsp3) is 1.00. The zero-order chi connectivity index (χ0) is 15.9. The number of hydrogen-bond donors (Lipinski definition) is 2. The first-order chi connectivity index (χ1) is 10.5. The van der Waals surface area contributed by atoms with Gasteiger partial charge in [0.05, 0.1) is 12.2 Å². The van der Waals surface area contributed by atoms with Crippen molar-refractivity contribution in [3.63, 3.8) is 0 Å². The molecule has 3 fully saturated rings. The molecular weight excluding hydrogens is 280 g/mol. The number of likely N-dealkylation sites (tertiary alicyclic amines) is 1. The minimum atomic E-state index is -0.342. The molecule has 2 aliphatic heterocycles. The van der Waals surface area contributed by atoms with E-state index >= 15 is 0 Å². The van der Waals surface area contributed by atoms with E-state index in [0.717, 1.165) is 45.4 Å². The molecule has 0 amide bonds. The number of fused-ring (bicyclic) bond motifs is 1. The van der Waals surface area contributed by atoms with Gasteiger partial charge in [-0.25, -0.2) is 0 Å². The van der Waals surface area contributed by atoms with Gasteiger partial charge in [0.15, 0.2) is 0 Å². The lowest BCUT2D eigenvalue weighted by Gasteiger charge is -2.25. The van der Waals surface area contributed by atoms with Crippen LogP contribution in [-0.4, -0.2) is 71.7 Å². The molecule has 0 aromatic carbocycles. The van der Waals surface area contributed by atoms with Crippen LogP contribution in [0.4, 0.5) is 0 Å². The van der Waals surface area contributed by atoms with E-state index in [1.165, 1.54) is 0 Å². The maximum atomic E-state index is 10.6. The van der Waals surface area contributed by atoms with Crippen LogP contribution in [0.15, 0.2) is 0 Å². The van der Waals surface area contributed by atoms with E-state index in [1.54, 1.807) is 0 Å². The average molecular weight is 312 g/mol. The molecule has 5 heteroatoms. The number of rotatable bonds is 5. The summed E-state index contributed by atoms with van der Waals surface area (Å²) < 4.78 is 0. The van der Waals surface area contributed by atoms with Crippen molar-refractivity contribution in [1.82, 2.24) is 9.96 Å². The summed E-state index contributed by atoms with van der Waals surface area (Å²) in [6.07, 6.45) is 2.56. The van der Waals surface area contributed by atoms with Gasteiger partial charge < -0.3 is 15.1 Å². The molecule has 0 bridgehead atoms. The van der Waals surface area contributed by atoms with Crippen molar-refractivity contribution in [3.8, 4) is 0 Å². The molecule has 2 heterocycles. The van der Waals surface area contributed by atoms with Crippen molar-refractivity contribution in [3.05, 3.63) is 0 Å². The lowest BCUT2D eigenvalue weighted by Crippen LogP contribution is -2.37. The van der Waals surface area contributed by atoms with Gasteiger partial charge in [0.1, 0.15) is 6.10 Å². The second kappa shape index (κ2) is 6.73. The number of aliphatic hydroxyl groups is 2. The zero-order valence-electron chi connectivity index (χ0n) is 14.2. The Balaban J connectivity index is 1.56. The van der Waals surface area contributed by atoms with E-state index in [2.05, 4.69) is 18.9 Å². The van der Waals surface area contributed by atoms with E-state index in [-0.39, 0.29) is 18.3 Å². The standard InChI is InChI=1S/C17H32N2O3/c1-4-5-12-8-19(10-14(12)11(2)20)22-16-6-13-7-18(3)9-15(13)17(16)21/h11-17,20-21H,4-10H2,1-3H3. The number of hydroxylamine groups is 2. The van der Waals surface area contributed by atoms with Crippen molar-refractivity contribution in [2.24, 2.45) is 23.7 Å². The Morgan fingerprint density at radius 3 is 2.64 bits per heavy atom. The van der Waals surface area contributed by atoms with Crippen LogP contribution in [0.25, 0.3) is 0 Å². The summed E-state index contributed by atoms with van der Waals surface area (Å²) in [5.41, 5.74) is 0. The van der Waals surface area contributed by atoms with Crippen LogP contribution >= 0.6 is 0 Å². The predicted octanol–water partition coefficient (Wildman–Crippen LogP) is 0.958. The Morgan fingerprint density at radius 2 is 2.00 bits per heavy atom. The van der Waals surface area contributed by atoms with Crippen LogP contribution in [0.2, 0.25) is 0 Å². The third kappa shape index (κ3) is 3.20. The van der Waals surface area contributed by atoms with Crippen LogP contribution in [0, 0.1) is 23.7 Å². The fourth-order valence-corrected chi connectivity index (χ4v) is 4.93. The molecule has 22 heavy (non-hydrogen) atoms. The van der Waals surface area contributed by atoms with Gasteiger partial charge in [0, 0.05) is 38.0 Å². The molecule has 0 aromatic rings. The second-order valence-corrected chi connectivity index (χ2v) is 7.82. The molecular formula is C17H32N2O3. The molecule has 7 unspecified atom stereocenters. The molecule has 128 valence electrons. The van der Waals surface area contributed by atoms with Gasteiger partial charge >= 0.3 is 0 Å². The first-order valence-electron chi connectivity index (χ1n) is 8.96. The normalized spacial score (nSPS) is 44.6. The lowest BCUT2D eigenvalue weighted by atomic mass is 9.88. The highest BCUT2D eigenvalue weighted by Crippen LogP contribution is 2.40.